The maximum atomic E-state index is 12.2. The summed E-state index contributed by atoms with van der Waals surface area (Å²) in [5.74, 6) is 6.07. The molecule has 0 unspecified atom stereocenters. The van der Waals surface area contributed by atoms with Crippen LogP contribution in [0.25, 0.3) is 11.1 Å². The summed E-state index contributed by atoms with van der Waals surface area (Å²) in [5.41, 5.74) is 7.11. The van der Waals surface area contributed by atoms with Crippen LogP contribution < -0.4 is 5.32 Å². The number of aryl methyl sites for hydroxylation is 1. The van der Waals surface area contributed by atoms with Gasteiger partial charge in [0.05, 0.1) is 5.56 Å². The Morgan fingerprint density at radius 1 is 1.00 bits per heavy atom. The molecule has 0 atom stereocenters. The highest BCUT2D eigenvalue weighted by Crippen LogP contribution is 2.44. The Balaban J connectivity index is 1.31. The van der Waals surface area contributed by atoms with Gasteiger partial charge in [0.1, 0.15) is 12.7 Å². The van der Waals surface area contributed by atoms with Crippen molar-refractivity contribution in [2.24, 2.45) is 0 Å². The number of rotatable bonds is 4. The van der Waals surface area contributed by atoms with Crippen LogP contribution in [0, 0.1) is 30.1 Å². The fraction of sp³-hybridized carbons (Fsp3) is 0.185. The van der Waals surface area contributed by atoms with E-state index in [-0.39, 0.29) is 5.92 Å². The van der Waals surface area contributed by atoms with Crippen LogP contribution in [-0.2, 0) is 4.74 Å². The van der Waals surface area contributed by atoms with Crippen LogP contribution in [0.4, 0.5) is 4.79 Å². The first-order valence-electron chi connectivity index (χ1n) is 10.3. The number of carbonyl (C=O) groups is 1. The second-order valence-electron chi connectivity index (χ2n) is 7.46. The molecule has 152 valence electrons. The predicted molar refractivity (Wildman–Crippen MR) is 120 cm³/mol. The van der Waals surface area contributed by atoms with Crippen molar-refractivity contribution < 1.29 is 9.53 Å². The normalized spacial score (nSPS) is 11.5. The van der Waals surface area contributed by atoms with E-state index in [4.69, 9.17) is 10.00 Å². The van der Waals surface area contributed by atoms with Crippen molar-refractivity contribution in [1.29, 1.82) is 5.26 Å². The molecule has 0 saturated carbocycles. The van der Waals surface area contributed by atoms with Gasteiger partial charge in [-0.05, 0) is 46.9 Å². The second kappa shape index (κ2) is 9.20. The zero-order valence-corrected chi connectivity index (χ0v) is 17.3. The SMILES string of the molecule is Cc1ccc(C#N)c(C#CCCNC(=O)OCC2c3ccccc3-c3ccccc32)c1. The fourth-order valence-electron chi connectivity index (χ4n) is 3.89. The lowest BCUT2D eigenvalue weighted by Gasteiger charge is -2.14. The number of nitrogens with zero attached hydrogens (tertiary/aromatic N) is 1. The molecule has 0 heterocycles. The Hall–Kier alpha value is -4.02. The van der Waals surface area contributed by atoms with Gasteiger partial charge in [0.2, 0.25) is 0 Å². The first-order valence-corrected chi connectivity index (χ1v) is 10.3. The number of fused-ring (bicyclic) bond motifs is 3. The number of hydrogen-bond acceptors (Lipinski definition) is 3. The molecular weight excluding hydrogens is 384 g/mol. The van der Waals surface area contributed by atoms with E-state index in [1.807, 2.05) is 43.3 Å². The largest absolute Gasteiger partial charge is 0.449 e. The monoisotopic (exact) mass is 406 g/mol. The summed E-state index contributed by atoms with van der Waals surface area (Å²) in [7, 11) is 0. The van der Waals surface area contributed by atoms with Crippen LogP contribution in [0.5, 0.6) is 0 Å². The number of alkyl carbamates (subject to hydrolysis) is 1. The molecule has 3 aromatic carbocycles. The van der Waals surface area contributed by atoms with E-state index >= 15 is 0 Å². The van der Waals surface area contributed by atoms with Gasteiger partial charge in [-0.3, -0.25) is 0 Å². The first kappa shape index (κ1) is 20.3. The molecule has 0 aliphatic heterocycles. The summed E-state index contributed by atoms with van der Waals surface area (Å²) in [6.45, 7) is 2.64. The lowest BCUT2D eigenvalue weighted by Crippen LogP contribution is -2.26. The molecule has 1 N–H and O–H groups in total. The number of amides is 1. The molecule has 1 aliphatic rings. The standard InChI is InChI=1S/C27H22N2O2/c1-19-13-14-21(17-28)20(16-19)8-6-7-15-29-27(30)31-18-26-24-11-4-2-9-22(24)23-10-3-5-12-25(23)26/h2-5,9-14,16,26H,7,15,18H2,1H3,(H,29,30). The van der Waals surface area contributed by atoms with E-state index in [0.29, 0.717) is 30.7 Å². The third-order valence-corrected chi connectivity index (χ3v) is 5.38. The Morgan fingerprint density at radius 3 is 2.35 bits per heavy atom. The van der Waals surface area contributed by atoms with E-state index in [1.54, 1.807) is 6.07 Å². The Kier molecular flexibility index (Phi) is 6.01. The third-order valence-electron chi connectivity index (χ3n) is 5.38. The summed E-state index contributed by atoms with van der Waals surface area (Å²) in [6, 6.07) is 24.2. The Morgan fingerprint density at radius 2 is 1.68 bits per heavy atom. The number of ether oxygens (including phenoxy) is 1. The van der Waals surface area contributed by atoms with Crippen LogP contribution in [0.2, 0.25) is 0 Å². The number of nitriles is 1. The highest BCUT2D eigenvalue weighted by molar-refractivity contribution is 5.79. The van der Waals surface area contributed by atoms with Crippen LogP contribution >= 0.6 is 0 Å². The predicted octanol–water partition coefficient (Wildman–Crippen LogP) is 5.15. The van der Waals surface area contributed by atoms with Gasteiger partial charge in [0.15, 0.2) is 0 Å². The molecule has 0 bridgehead atoms. The summed E-state index contributed by atoms with van der Waals surface area (Å²) >= 11 is 0. The van der Waals surface area contributed by atoms with E-state index in [0.717, 1.165) is 5.56 Å². The van der Waals surface area contributed by atoms with Crippen molar-refractivity contribution in [2.45, 2.75) is 19.3 Å². The summed E-state index contributed by atoms with van der Waals surface area (Å²) in [5, 5.41) is 11.9. The molecule has 0 spiro atoms. The lowest BCUT2D eigenvalue weighted by molar-refractivity contribution is 0.143. The molecule has 0 saturated heterocycles. The molecular formula is C27H22N2O2. The average molecular weight is 406 g/mol. The van der Waals surface area contributed by atoms with Gasteiger partial charge in [-0.25, -0.2) is 4.79 Å². The van der Waals surface area contributed by atoms with Crippen molar-refractivity contribution in [3.63, 3.8) is 0 Å². The molecule has 4 heteroatoms. The van der Waals surface area contributed by atoms with Gasteiger partial charge in [-0.2, -0.15) is 5.26 Å². The lowest BCUT2D eigenvalue weighted by atomic mass is 9.98. The van der Waals surface area contributed by atoms with Crippen LogP contribution in [0.1, 0.15) is 40.2 Å². The van der Waals surface area contributed by atoms with Crippen molar-refractivity contribution in [3.8, 4) is 29.0 Å². The maximum absolute atomic E-state index is 12.2. The molecule has 0 aromatic heterocycles. The van der Waals surface area contributed by atoms with Gasteiger partial charge in [-0.15, -0.1) is 0 Å². The molecule has 0 radical (unpaired) electrons. The van der Waals surface area contributed by atoms with Crippen LogP contribution in [0.15, 0.2) is 66.7 Å². The summed E-state index contributed by atoms with van der Waals surface area (Å²) < 4.78 is 5.52. The van der Waals surface area contributed by atoms with Gasteiger partial charge in [0.25, 0.3) is 0 Å². The smallest absolute Gasteiger partial charge is 0.407 e. The number of carbonyl (C=O) groups excluding carboxylic acids is 1. The highest BCUT2D eigenvalue weighted by Gasteiger charge is 2.28. The quantitative estimate of drug-likeness (QED) is 0.482. The third kappa shape index (κ3) is 4.44. The van der Waals surface area contributed by atoms with Crippen LogP contribution in [-0.4, -0.2) is 19.2 Å². The van der Waals surface area contributed by atoms with Crippen molar-refractivity contribution in [1.82, 2.24) is 5.32 Å². The molecule has 1 amide bonds. The van der Waals surface area contributed by atoms with E-state index in [1.165, 1.54) is 22.3 Å². The number of hydrogen-bond donors (Lipinski definition) is 1. The average Bonchev–Trinajstić information content (AvgIpc) is 3.11. The Labute approximate surface area is 182 Å². The van der Waals surface area contributed by atoms with Gasteiger partial charge in [-0.1, -0.05) is 66.4 Å². The summed E-state index contributed by atoms with van der Waals surface area (Å²) in [4.78, 5) is 12.2. The Bertz CT molecular complexity index is 1180. The first-order chi connectivity index (χ1) is 15.2. The number of benzene rings is 3. The molecule has 0 fully saturated rings. The number of nitrogens with one attached hydrogen (secondary N) is 1. The molecule has 3 aromatic rings. The highest BCUT2D eigenvalue weighted by atomic mass is 16.5. The van der Waals surface area contributed by atoms with Gasteiger partial charge >= 0.3 is 6.09 Å². The summed E-state index contributed by atoms with van der Waals surface area (Å²) in [6.07, 6.45) is 0.0279. The zero-order valence-electron chi connectivity index (χ0n) is 17.3. The van der Waals surface area contributed by atoms with E-state index < -0.39 is 6.09 Å². The molecule has 4 rings (SSSR count). The molecule has 31 heavy (non-hydrogen) atoms. The van der Waals surface area contributed by atoms with Gasteiger partial charge in [0, 0.05) is 24.4 Å². The van der Waals surface area contributed by atoms with Gasteiger partial charge < -0.3 is 10.1 Å². The van der Waals surface area contributed by atoms with Crippen molar-refractivity contribution in [3.05, 3.63) is 94.5 Å². The molecule has 1 aliphatic carbocycles. The van der Waals surface area contributed by atoms with E-state index in [9.17, 15) is 4.79 Å². The minimum Gasteiger partial charge on any atom is -0.449 e. The van der Waals surface area contributed by atoms with Crippen molar-refractivity contribution >= 4 is 6.09 Å². The second-order valence-corrected chi connectivity index (χ2v) is 7.46. The minimum absolute atomic E-state index is 0.0451. The zero-order chi connectivity index (χ0) is 21.6. The maximum Gasteiger partial charge on any atom is 0.407 e. The topological polar surface area (TPSA) is 62.1 Å². The fourth-order valence-corrected chi connectivity index (χ4v) is 3.89. The minimum atomic E-state index is -0.447. The van der Waals surface area contributed by atoms with Crippen LogP contribution in [0.3, 0.4) is 0 Å². The van der Waals surface area contributed by atoms with E-state index in [2.05, 4.69) is 47.5 Å². The van der Waals surface area contributed by atoms with Crippen molar-refractivity contribution in [2.75, 3.05) is 13.2 Å². The molecule has 4 nitrogen and oxygen atoms in total.